The molecule has 0 amide bonds. The monoisotopic (exact) mass is 500 g/mol. The van der Waals surface area contributed by atoms with Crippen LogP contribution in [0.5, 0.6) is 5.75 Å². The van der Waals surface area contributed by atoms with E-state index >= 15 is 0 Å². The third-order valence-electron chi connectivity index (χ3n) is 7.85. The standard InChI is InChI=1S/C29H40O7/c1-2-6-19-9-11-20(12-10-19)15-22-16-23(13-14-24(22)35-18-21-7-4-3-5-8-21)29(34)28(33)27(32)26(31)25(17-30)36-29/h3-5,7-8,13-14,16,19-20,25-28,30-34H,2,6,9-12,15,17-18H2,1H3/t19?,20?,25-,26-,27+,28-,29?/m1/s1. The van der Waals surface area contributed by atoms with Crippen molar-refractivity contribution >= 4 is 0 Å². The molecule has 2 fully saturated rings. The highest BCUT2D eigenvalue weighted by Crippen LogP contribution is 2.40. The average molecular weight is 501 g/mol. The molecule has 5 atom stereocenters. The third-order valence-corrected chi connectivity index (χ3v) is 7.85. The summed E-state index contributed by atoms with van der Waals surface area (Å²) in [5.74, 6) is -0.304. The molecule has 2 aromatic carbocycles. The molecule has 1 unspecified atom stereocenters. The predicted octanol–water partition coefficient (Wildman–Crippen LogP) is 3.03. The van der Waals surface area contributed by atoms with E-state index in [-0.39, 0.29) is 5.56 Å². The molecule has 36 heavy (non-hydrogen) atoms. The Labute approximate surface area is 213 Å². The summed E-state index contributed by atoms with van der Waals surface area (Å²) in [5, 5.41) is 52.0. The maximum atomic E-state index is 11.3. The van der Waals surface area contributed by atoms with Gasteiger partial charge in [-0.1, -0.05) is 62.9 Å². The van der Waals surface area contributed by atoms with Crippen LogP contribution in [0.2, 0.25) is 0 Å². The van der Waals surface area contributed by atoms with Crippen molar-refractivity contribution in [3.63, 3.8) is 0 Å². The van der Waals surface area contributed by atoms with Gasteiger partial charge >= 0.3 is 0 Å². The van der Waals surface area contributed by atoms with E-state index in [4.69, 9.17) is 9.47 Å². The number of hydrogen-bond donors (Lipinski definition) is 5. The summed E-state index contributed by atoms with van der Waals surface area (Å²) in [4.78, 5) is 0. The van der Waals surface area contributed by atoms with Gasteiger partial charge < -0.3 is 35.0 Å². The summed E-state index contributed by atoms with van der Waals surface area (Å²) in [6, 6.07) is 15.0. The van der Waals surface area contributed by atoms with Gasteiger partial charge in [0.2, 0.25) is 5.79 Å². The second-order valence-electron chi connectivity index (χ2n) is 10.4. The first-order valence-electron chi connectivity index (χ1n) is 13.2. The van der Waals surface area contributed by atoms with Gasteiger partial charge in [0.25, 0.3) is 0 Å². The first-order chi connectivity index (χ1) is 17.4. The molecular weight excluding hydrogens is 460 g/mol. The second-order valence-corrected chi connectivity index (χ2v) is 10.4. The Morgan fingerprint density at radius 3 is 2.31 bits per heavy atom. The van der Waals surface area contributed by atoms with Gasteiger partial charge in [-0.25, -0.2) is 0 Å². The molecular formula is C29H40O7. The van der Waals surface area contributed by atoms with Gasteiger partial charge in [0.05, 0.1) is 6.61 Å². The van der Waals surface area contributed by atoms with E-state index in [1.807, 2.05) is 30.3 Å². The van der Waals surface area contributed by atoms with Crippen molar-refractivity contribution < 1.29 is 35.0 Å². The number of hydrogen-bond acceptors (Lipinski definition) is 7. The Morgan fingerprint density at radius 1 is 0.944 bits per heavy atom. The van der Waals surface area contributed by atoms with Gasteiger partial charge in [-0.2, -0.15) is 0 Å². The lowest BCUT2D eigenvalue weighted by molar-refractivity contribution is -0.357. The molecule has 0 bridgehead atoms. The van der Waals surface area contributed by atoms with Gasteiger partial charge in [-0.05, 0) is 60.4 Å². The molecule has 198 valence electrons. The van der Waals surface area contributed by atoms with E-state index in [0.29, 0.717) is 18.3 Å². The fourth-order valence-corrected chi connectivity index (χ4v) is 5.67. The normalized spacial score (nSPS) is 32.8. The number of benzene rings is 2. The zero-order valence-corrected chi connectivity index (χ0v) is 21.0. The molecule has 2 aliphatic rings. The smallest absolute Gasteiger partial charge is 0.222 e. The fraction of sp³-hybridized carbons (Fsp3) is 0.586. The van der Waals surface area contributed by atoms with E-state index in [0.717, 1.165) is 36.3 Å². The molecule has 0 aromatic heterocycles. The van der Waals surface area contributed by atoms with Gasteiger partial charge in [-0.3, -0.25) is 0 Å². The van der Waals surface area contributed by atoms with E-state index in [9.17, 15) is 25.5 Å². The van der Waals surface area contributed by atoms with Crippen molar-refractivity contribution in [1.82, 2.24) is 0 Å². The quantitative estimate of drug-likeness (QED) is 0.359. The highest BCUT2D eigenvalue weighted by atomic mass is 16.7. The molecule has 1 saturated heterocycles. The van der Waals surface area contributed by atoms with Gasteiger partial charge in [0, 0.05) is 5.56 Å². The molecule has 1 aliphatic carbocycles. The van der Waals surface area contributed by atoms with Crippen LogP contribution >= 0.6 is 0 Å². The molecule has 4 rings (SSSR count). The molecule has 5 N–H and O–H groups in total. The first kappa shape index (κ1) is 27.0. The van der Waals surface area contributed by atoms with Gasteiger partial charge in [0.1, 0.15) is 36.8 Å². The molecule has 1 aliphatic heterocycles. The predicted molar refractivity (Wildman–Crippen MR) is 135 cm³/mol. The van der Waals surface area contributed by atoms with Crippen molar-refractivity contribution in [3.8, 4) is 5.75 Å². The molecule has 7 heteroatoms. The Morgan fingerprint density at radius 2 is 1.64 bits per heavy atom. The summed E-state index contributed by atoms with van der Waals surface area (Å²) < 4.78 is 11.8. The minimum atomic E-state index is -2.28. The molecule has 2 aromatic rings. The molecule has 1 heterocycles. The zero-order chi connectivity index (χ0) is 25.7. The van der Waals surface area contributed by atoms with Crippen molar-refractivity contribution in [2.45, 2.75) is 88.7 Å². The van der Waals surface area contributed by atoms with E-state index in [1.54, 1.807) is 18.2 Å². The van der Waals surface area contributed by atoms with Gasteiger partial charge in [0.15, 0.2) is 0 Å². The minimum Gasteiger partial charge on any atom is -0.489 e. The minimum absolute atomic E-state index is 0.251. The van der Waals surface area contributed by atoms with Crippen LogP contribution in [0.4, 0.5) is 0 Å². The largest absolute Gasteiger partial charge is 0.489 e. The van der Waals surface area contributed by atoms with E-state index in [1.165, 1.54) is 25.7 Å². The van der Waals surface area contributed by atoms with Crippen LogP contribution in [0.1, 0.15) is 62.1 Å². The van der Waals surface area contributed by atoms with Crippen molar-refractivity contribution in [2.24, 2.45) is 11.8 Å². The Bertz CT molecular complexity index is 957. The maximum absolute atomic E-state index is 11.3. The van der Waals surface area contributed by atoms with E-state index < -0.39 is 36.8 Å². The second kappa shape index (κ2) is 12.0. The average Bonchev–Trinajstić information content (AvgIpc) is 2.90. The van der Waals surface area contributed by atoms with Crippen molar-refractivity contribution in [3.05, 3.63) is 65.2 Å². The third kappa shape index (κ3) is 5.93. The van der Waals surface area contributed by atoms with Crippen LogP contribution in [0.3, 0.4) is 0 Å². The molecule has 0 radical (unpaired) electrons. The number of aliphatic hydroxyl groups is 5. The molecule has 7 nitrogen and oxygen atoms in total. The molecule has 0 spiro atoms. The van der Waals surface area contributed by atoms with Crippen LogP contribution in [0.25, 0.3) is 0 Å². The van der Waals surface area contributed by atoms with Crippen LogP contribution in [0.15, 0.2) is 48.5 Å². The van der Waals surface area contributed by atoms with Gasteiger partial charge in [-0.15, -0.1) is 0 Å². The first-order valence-corrected chi connectivity index (χ1v) is 13.2. The summed E-state index contributed by atoms with van der Waals surface area (Å²) in [7, 11) is 0. The van der Waals surface area contributed by atoms with Crippen LogP contribution in [-0.4, -0.2) is 56.6 Å². The number of aliphatic hydroxyl groups excluding tert-OH is 4. The summed E-state index contributed by atoms with van der Waals surface area (Å²) >= 11 is 0. The van der Waals surface area contributed by atoms with Crippen molar-refractivity contribution in [2.75, 3.05) is 6.61 Å². The zero-order valence-electron chi connectivity index (χ0n) is 21.0. The maximum Gasteiger partial charge on any atom is 0.222 e. The highest BCUT2D eigenvalue weighted by Gasteiger charge is 2.53. The van der Waals surface area contributed by atoms with Crippen LogP contribution < -0.4 is 4.74 Å². The highest BCUT2D eigenvalue weighted by molar-refractivity contribution is 5.40. The fourth-order valence-electron chi connectivity index (χ4n) is 5.67. The lowest BCUT2D eigenvalue weighted by atomic mass is 9.77. The lowest BCUT2D eigenvalue weighted by Crippen LogP contribution is -2.63. The number of rotatable bonds is 9. The topological polar surface area (TPSA) is 120 Å². The summed E-state index contributed by atoms with van der Waals surface area (Å²) in [6.45, 7) is 2.02. The van der Waals surface area contributed by atoms with Crippen molar-refractivity contribution in [1.29, 1.82) is 0 Å². The Balaban J connectivity index is 1.59. The summed E-state index contributed by atoms with van der Waals surface area (Å²) in [5.41, 5.74) is 2.19. The van der Waals surface area contributed by atoms with E-state index in [2.05, 4.69) is 6.92 Å². The SMILES string of the molecule is CCCC1CCC(Cc2cc(C3(O)O[C@H](CO)[C@@H](O)[C@H](O)[C@H]3O)ccc2OCc2ccccc2)CC1. The molecule has 1 saturated carbocycles. The Hall–Kier alpha value is -2.00. The van der Waals surface area contributed by atoms with Crippen LogP contribution in [-0.2, 0) is 23.6 Å². The summed E-state index contributed by atoms with van der Waals surface area (Å²) in [6.07, 6.45) is 1.73. The van der Waals surface area contributed by atoms with Crippen LogP contribution in [0, 0.1) is 11.8 Å². The number of ether oxygens (including phenoxy) is 2. The lowest BCUT2D eigenvalue weighted by Gasteiger charge is -2.45. The Kier molecular flexibility index (Phi) is 9.04.